The summed E-state index contributed by atoms with van der Waals surface area (Å²) in [6, 6.07) is 8.14. The molecule has 37 heavy (non-hydrogen) atoms. The Kier molecular flexibility index (Phi) is 8.75. The van der Waals surface area contributed by atoms with E-state index in [-0.39, 0.29) is 5.75 Å². The van der Waals surface area contributed by atoms with E-state index in [0.29, 0.717) is 0 Å². The van der Waals surface area contributed by atoms with Gasteiger partial charge in [-0.2, -0.15) is 0 Å². The number of aromatic amines is 1. The van der Waals surface area contributed by atoms with E-state index in [9.17, 15) is 24.6 Å². The monoisotopic (exact) mass is 561 g/mol. The number of rotatable bonds is 10. The molecule has 15 heteroatoms. The van der Waals surface area contributed by atoms with Crippen LogP contribution in [0.25, 0.3) is 0 Å². The van der Waals surface area contributed by atoms with Crippen LogP contribution in [-0.4, -0.2) is 62.0 Å². The lowest BCUT2D eigenvalue weighted by molar-refractivity contribution is -0.203. The van der Waals surface area contributed by atoms with Gasteiger partial charge in [0.25, 0.3) is 11.4 Å². The van der Waals surface area contributed by atoms with Crippen molar-refractivity contribution in [1.82, 2.24) is 14.6 Å². The average Bonchev–Trinajstić information content (AvgIpc) is 2.98. The lowest BCUT2D eigenvalue weighted by Gasteiger charge is -2.30. The second-order valence-electron chi connectivity index (χ2n) is 8.91. The minimum atomic E-state index is -3.71. The van der Waals surface area contributed by atoms with Gasteiger partial charge in [-0.05, 0) is 51.6 Å². The van der Waals surface area contributed by atoms with E-state index < -0.39 is 66.4 Å². The SMILES string of the molecule is CC(C)OC(=O)C(C)NP(=S)(OCC1(F)O[C@@H](n2ccc(=O)[nH]c2=O)[C@](C)(O)[C@@H]1O)Oc1ccccc1. The predicted octanol–water partition coefficient (Wildman–Crippen LogP) is 1.09. The molecule has 0 radical (unpaired) electrons. The second-order valence-corrected chi connectivity index (χ2v) is 12.0. The lowest BCUT2D eigenvalue weighted by Crippen LogP contribution is -2.50. The van der Waals surface area contributed by atoms with Gasteiger partial charge < -0.3 is 28.7 Å². The zero-order valence-corrected chi connectivity index (χ0v) is 22.2. The fourth-order valence-electron chi connectivity index (χ4n) is 3.51. The molecule has 3 unspecified atom stereocenters. The van der Waals surface area contributed by atoms with Crippen molar-refractivity contribution >= 4 is 24.4 Å². The highest BCUT2D eigenvalue weighted by atomic mass is 32.5. The topological polar surface area (TPSA) is 161 Å². The number of H-pyrrole nitrogens is 1. The van der Waals surface area contributed by atoms with Crippen LogP contribution in [0.15, 0.2) is 52.2 Å². The average molecular weight is 562 g/mol. The number of benzene rings is 1. The number of alkyl halides is 1. The molecule has 0 saturated carbocycles. The molecule has 1 fully saturated rings. The summed E-state index contributed by atoms with van der Waals surface area (Å²) < 4.78 is 38.5. The fraction of sp³-hybridized carbons (Fsp3) is 0.500. The number of aliphatic hydroxyl groups is 2. The summed E-state index contributed by atoms with van der Waals surface area (Å²) in [6.07, 6.45) is -3.36. The van der Waals surface area contributed by atoms with Gasteiger partial charge in [-0.3, -0.25) is 19.1 Å². The van der Waals surface area contributed by atoms with Crippen molar-refractivity contribution in [2.45, 2.75) is 63.6 Å². The number of halogens is 1. The zero-order valence-electron chi connectivity index (χ0n) is 20.5. The van der Waals surface area contributed by atoms with Crippen LogP contribution in [0.1, 0.15) is 33.9 Å². The van der Waals surface area contributed by atoms with Gasteiger partial charge in [0.15, 0.2) is 6.23 Å². The quantitative estimate of drug-likeness (QED) is 0.243. The summed E-state index contributed by atoms with van der Waals surface area (Å²) in [5, 5.41) is 24.2. The summed E-state index contributed by atoms with van der Waals surface area (Å²) >= 11 is 5.52. The van der Waals surface area contributed by atoms with Crippen LogP contribution in [0.3, 0.4) is 0 Å². The number of nitrogens with one attached hydrogen (secondary N) is 2. The molecule has 2 aromatic rings. The summed E-state index contributed by atoms with van der Waals surface area (Å²) in [7, 11) is 0. The number of nitrogens with zero attached hydrogens (tertiary/aromatic N) is 1. The smallest absolute Gasteiger partial charge is 0.330 e. The minimum absolute atomic E-state index is 0.258. The van der Waals surface area contributed by atoms with E-state index in [1.165, 1.54) is 6.92 Å². The second kappa shape index (κ2) is 11.1. The van der Waals surface area contributed by atoms with E-state index in [4.69, 9.17) is 30.3 Å². The van der Waals surface area contributed by atoms with Gasteiger partial charge in [0.2, 0.25) is 0 Å². The number of carbonyl (C=O) groups is 1. The summed E-state index contributed by atoms with van der Waals surface area (Å²) in [5.41, 5.74) is -4.04. The molecule has 0 bridgehead atoms. The van der Waals surface area contributed by atoms with E-state index in [0.717, 1.165) is 23.8 Å². The Balaban J connectivity index is 1.86. The number of esters is 1. The van der Waals surface area contributed by atoms with Gasteiger partial charge in [0.05, 0.1) is 6.10 Å². The first-order chi connectivity index (χ1) is 17.2. The molecule has 6 atom stereocenters. The van der Waals surface area contributed by atoms with E-state index in [1.54, 1.807) is 44.2 Å². The van der Waals surface area contributed by atoms with Crippen molar-refractivity contribution in [2.24, 2.45) is 0 Å². The van der Waals surface area contributed by atoms with Crippen LogP contribution in [-0.2, 0) is 30.6 Å². The maximum atomic E-state index is 15.9. The van der Waals surface area contributed by atoms with Crippen molar-refractivity contribution in [2.75, 3.05) is 6.61 Å². The van der Waals surface area contributed by atoms with Crippen molar-refractivity contribution in [3.8, 4) is 5.75 Å². The predicted molar refractivity (Wildman–Crippen MR) is 133 cm³/mol. The van der Waals surface area contributed by atoms with Crippen LogP contribution >= 0.6 is 6.64 Å². The molecule has 1 saturated heterocycles. The molecule has 1 aliphatic heterocycles. The molecule has 3 rings (SSSR count). The molecular formula is C22H29FN3O9PS. The Morgan fingerprint density at radius 2 is 1.95 bits per heavy atom. The van der Waals surface area contributed by atoms with Crippen LogP contribution in [0.5, 0.6) is 5.75 Å². The normalized spacial score (nSPS) is 28.0. The zero-order chi connectivity index (χ0) is 27.6. The molecule has 4 N–H and O–H groups in total. The molecule has 1 aromatic carbocycles. The Hall–Kier alpha value is -2.45. The number of aromatic nitrogens is 2. The molecule has 0 spiro atoms. The fourth-order valence-corrected chi connectivity index (χ4v) is 5.91. The molecule has 2 heterocycles. The van der Waals surface area contributed by atoms with Crippen LogP contribution in [0.4, 0.5) is 4.39 Å². The highest BCUT2D eigenvalue weighted by Crippen LogP contribution is 2.50. The molecule has 1 aliphatic rings. The molecule has 204 valence electrons. The van der Waals surface area contributed by atoms with Crippen LogP contribution in [0.2, 0.25) is 0 Å². The third-order valence-corrected chi connectivity index (χ3v) is 7.81. The highest BCUT2D eigenvalue weighted by Gasteiger charge is 2.63. The van der Waals surface area contributed by atoms with Crippen molar-refractivity contribution in [3.63, 3.8) is 0 Å². The Labute approximate surface area is 216 Å². The molecule has 12 nitrogen and oxygen atoms in total. The van der Waals surface area contributed by atoms with Crippen molar-refractivity contribution < 1.29 is 37.9 Å². The van der Waals surface area contributed by atoms with Crippen molar-refractivity contribution in [3.05, 3.63) is 63.4 Å². The Morgan fingerprint density at radius 3 is 2.54 bits per heavy atom. The third-order valence-electron chi connectivity index (χ3n) is 5.33. The third kappa shape index (κ3) is 6.71. The molecule has 0 amide bonds. The standard InChI is InChI=1S/C22H29FN3O9PS/c1-13(2)33-17(28)14(3)25-36(37,35-15-8-6-5-7-9-15)32-12-22(23)18(29)21(4,31)19(34-22)26-11-10-16(27)24-20(26)30/h5-11,13-14,18-19,29,31H,12H2,1-4H3,(H,25,37)(H,24,27,30)/t14?,18-,19+,21+,22?,36?/m0/s1. The Morgan fingerprint density at radius 1 is 1.30 bits per heavy atom. The first kappa shape index (κ1) is 29.1. The van der Waals surface area contributed by atoms with Gasteiger partial charge >= 0.3 is 18.3 Å². The largest absolute Gasteiger partial charge is 0.462 e. The number of ether oxygens (including phenoxy) is 2. The van der Waals surface area contributed by atoms with Gasteiger partial charge in [-0.15, -0.1) is 0 Å². The van der Waals surface area contributed by atoms with E-state index >= 15 is 4.39 Å². The Bertz CT molecular complexity index is 1270. The number of carbonyl (C=O) groups excluding carboxylic acids is 1. The highest BCUT2D eigenvalue weighted by molar-refractivity contribution is 8.09. The lowest BCUT2D eigenvalue weighted by atomic mass is 9.95. The maximum Gasteiger partial charge on any atom is 0.330 e. The summed E-state index contributed by atoms with van der Waals surface area (Å²) in [4.78, 5) is 37.9. The number of para-hydroxylation sites is 1. The number of aliphatic hydroxyl groups excluding tert-OH is 1. The summed E-state index contributed by atoms with van der Waals surface area (Å²) in [5.74, 6) is -3.47. The van der Waals surface area contributed by atoms with Crippen molar-refractivity contribution in [1.29, 1.82) is 0 Å². The first-order valence-electron chi connectivity index (χ1n) is 11.2. The van der Waals surface area contributed by atoms with Gasteiger partial charge in [-0.25, -0.2) is 14.3 Å². The molecule has 0 aliphatic carbocycles. The van der Waals surface area contributed by atoms with Crippen LogP contribution in [0, 0.1) is 0 Å². The maximum absolute atomic E-state index is 15.9. The van der Waals surface area contributed by atoms with E-state index in [2.05, 4.69) is 5.09 Å². The number of hydrogen-bond donors (Lipinski definition) is 4. The summed E-state index contributed by atoms with van der Waals surface area (Å²) in [6.45, 7) is 1.08. The van der Waals surface area contributed by atoms with E-state index in [1.807, 2.05) is 4.98 Å². The van der Waals surface area contributed by atoms with Gasteiger partial charge in [0.1, 0.15) is 30.1 Å². The first-order valence-corrected chi connectivity index (χ1v) is 13.9. The number of hydrogen-bond acceptors (Lipinski definition) is 10. The minimum Gasteiger partial charge on any atom is -0.462 e. The molecular weight excluding hydrogens is 532 g/mol. The molecule has 1 aromatic heterocycles. The van der Waals surface area contributed by atoms with Gasteiger partial charge in [0, 0.05) is 12.3 Å². The van der Waals surface area contributed by atoms with Gasteiger partial charge in [-0.1, -0.05) is 18.2 Å². The van der Waals surface area contributed by atoms with Crippen LogP contribution < -0.4 is 20.9 Å².